The maximum Gasteiger partial charge on any atom is 0.338 e. The summed E-state index contributed by atoms with van der Waals surface area (Å²) in [5.41, 5.74) is 0.730. The molecule has 2 atom stereocenters. The van der Waals surface area contributed by atoms with Crippen LogP contribution in [0.2, 0.25) is 0 Å². The summed E-state index contributed by atoms with van der Waals surface area (Å²) in [5.74, 6) is -0.0484. The van der Waals surface area contributed by atoms with Crippen LogP contribution < -0.4 is 0 Å². The summed E-state index contributed by atoms with van der Waals surface area (Å²) in [5, 5.41) is 0. The van der Waals surface area contributed by atoms with E-state index in [0.29, 0.717) is 43.6 Å². The monoisotopic (exact) mass is 436 g/mol. The van der Waals surface area contributed by atoms with Crippen molar-refractivity contribution in [3.8, 4) is 0 Å². The molecule has 30 heavy (non-hydrogen) atoms. The molecule has 2 aliphatic rings. The summed E-state index contributed by atoms with van der Waals surface area (Å²) in [6.45, 7) is 7.94. The SMILES string of the molecule is Cc1ccc(C(=O)OCC(=O)N2C[C@H](C)C[C@H](C)C2)cc1S(=O)(=O)N1CCCCC1. The van der Waals surface area contributed by atoms with Gasteiger partial charge in [0.05, 0.1) is 10.5 Å². The number of likely N-dealkylation sites (tertiary alicyclic amines) is 1. The van der Waals surface area contributed by atoms with Gasteiger partial charge in [-0.15, -0.1) is 0 Å². The van der Waals surface area contributed by atoms with Crippen molar-refractivity contribution >= 4 is 21.9 Å². The molecule has 8 heteroatoms. The molecule has 0 aliphatic carbocycles. The predicted octanol–water partition coefficient (Wildman–Crippen LogP) is 2.83. The Bertz CT molecular complexity index is 883. The summed E-state index contributed by atoms with van der Waals surface area (Å²) >= 11 is 0. The standard InChI is InChI=1S/C22H32N2O5S/c1-16-11-17(2)14-23(13-16)21(25)15-29-22(26)19-8-7-18(3)20(12-19)30(27,28)24-9-5-4-6-10-24/h7-8,12,16-17H,4-6,9-11,13-15H2,1-3H3/t16-,17+. The lowest BCUT2D eigenvalue weighted by Gasteiger charge is -2.34. The number of carbonyl (C=O) groups excluding carboxylic acids is 2. The highest BCUT2D eigenvalue weighted by molar-refractivity contribution is 7.89. The summed E-state index contributed by atoms with van der Waals surface area (Å²) in [7, 11) is -3.66. The molecule has 1 amide bonds. The quantitative estimate of drug-likeness (QED) is 0.663. The van der Waals surface area contributed by atoms with E-state index in [0.717, 1.165) is 25.7 Å². The average molecular weight is 437 g/mol. The van der Waals surface area contributed by atoms with Gasteiger partial charge < -0.3 is 9.64 Å². The van der Waals surface area contributed by atoms with Gasteiger partial charge in [0.15, 0.2) is 6.61 Å². The fraction of sp³-hybridized carbons (Fsp3) is 0.636. The van der Waals surface area contributed by atoms with Gasteiger partial charge in [-0.25, -0.2) is 13.2 Å². The lowest BCUT2D eigenvalue weighted by molar-refractivity contribution is -0.137. The van der Waals surface area contributed by atoms with E-state index in [-0.39, 0.29) is 23.0 Å². The van der Waals surface area contributed by atoms with Crippen molar-refractivity contribution in [1.29, 1.82) is 0 Å². The van der Waals surface area contributed by atoms with E-state index in [1.54, 1.807) is 24.0 Å². The number of amides is 1. The van der Waals surface area contributed by atoms with Crippen molar-refractivity contribution in [2.45, 2.75) is 51.3 Å². The lowest BCUT2D eigenvalue weighted by atomic mass is 9.92. The van der Waals surface area contributed by atoms with E-state index >= 15 is 0 Å². The number of sulfonamides is 1. The molecule has 0 aromatic heterocycles. The molecule has 1 aromatic carbocycles. The fourth-order valence-electron chi connectivity index (χ4n) is 4.42. The first kappa shape index (κ1) is 22.7. The Morgan fingerprint density at radius 3 is 2.33 bits per heavy atom. The van der Waals surface area contributed by atoms with Crippen LogP contribution in [0.4, 0.5) is 0 Å². The zero-order valence-corrected chi connectivity index (χ0v) is 18.9. The van der Waals surface area contributed by atoms with Gasteiger partial charge in [0.2, 0.25) is 10.0 Å². The van der Waals surface area contributed by atoms with Gasteiger partial charge >= 0.3 is 5.97 Å². The van der Waals surface area contributed by atoms with Crippen molar-refractivity contribution in [3.05, 3.63) is 29.3 Å². The Morgan fingerprint density at radius 1 is 1.07 bits per heavy atom. The summed E-state index contributed by atoms with van der Waals surface area (Å²) in [4.78, 5) is 26.9. The number of carbonyl (C=O) groups is 2. The van der Waals surface area contributed by atoms with Gasteiger partial charge in [-0.3, -0.25) is 4.79 Å². The molecular weight excluding hydrogens is 404 g/mol. The lowest BCUT2D eigenvalue weighted by Crippen LogP contribution is -2.44. The molecule has 7 nitrogen and oxygen atoms in total. The average Bonchev–Trinajstić information content (AvgIpc) is 2.71. The number of benzene rings is 1. The van der Waals surface area contributed by atoms with E-state index in [1.807, 2.05) is 0 Å². The fourth-order valence-corrected chi connectivity index (χ4v) is 6.19. The predicted molar refractivity (Wildman–Crippen MR) is 114 cm³/mol. The van der Waals surface area contributed by atoms with Crippen LogP contribution in [-0.2, 0) is 19.6 Å². The first-order valence-corrected chi connectivity index (χ1v) is 12.2. The van der Waals surface area contributed by atoms with Crippen LogP contribution >= 0.6 is 0 Å². The van der Waals surface area contributed by atoms with Crippen LogP contribution in [0.3, 0.4) is 0 Å². The highest BCUT2D eigenvalue weighted by atomic mass is 32.2. The van der Waals surface area contributed by atoms with Crippen LogP contribution in [0.25, 0.3) is 0 Å². The van der Waals surface area contributed by atoms with E-state index < -0.39 is 16.0 Å². The second-order valence-electron chi connectivity index (χ2n) is 8.77. The molecule has 2 aliphatic heterocycles. The number of hydrogen-bond acceptors (Lipinski definition) is 5. The number of aryl methyl sites for hydroxylation is 1. The van der Waals surface area contributed by atoms with Gasteiger partial charge in [0.1, 0.15) is 0 Å². The second-order valence-corrected chi connectivity index (χ2v) is 10.7. The Kier molecular flexibility index (Phi) is 7.18. The first-order valence-electron chi connectivity index (χ1n) is 10.7. The molecule has 2 saturated heterocycles. The van der Waals surface area contributed by atoms with E-state index in [9.17, 15) is 18.0 Å². The third-order valence-electron chi connectivity index (χ3n) is 5.91. The smallest absolute Gasteiger partial charge is 0.338 e. The number of hydrogen-bond donors (Lipinski definition) is 0. The molecule has 3 rings (SSSR count). The zero-order chi connectivity index (χ0) is 21.9. The Labute approximate surface area is 179 Å². The van der Waals surface area contributed by atoms with Gasteiger partial charge in [-0.1, -0.05) is 26.3 Å². The summed E-state index contributed by atoms with van der Waals surface area (Å²) < 4.78 is 32.8. The summed E-state index contributed by atoms with van der Waals surface area (Å²) in [6.07, 6.45) is 3.80. The topological polar surface area (TPSA) is 84.0 Å². The molecular formula is C22H32N2O5S. The number of rotatable bonds is 5. The molecule has 0 radical (unpaired) electrons. The third-order valence-corrected chi connectivity index (χ3v) is 7.95. The number of piperidine rings is 2. The Morgan fingerprint density at radius 2 is 1.70 bits per heavy atom. The van der Waals surface area contributed by atoms with Crippen LogP contribution in [0.15, 0.2) is 23.1 Å². The van der Waals surface area contributed by atoms with E-state index in [4.69, 9.17) is 4.74 Å². The molecule has 2 heterocycles. The molecule has 0 bridgehead atoms. The van der Waals surface area contributed by atoms with Gasteiger partial charge in [-0.05, 0) is 55.7 Å². The number of nitrogens with zero attached hydrogens (tertiary/aromatic N) is 2. The van der Waals surface area contributed by atoms with Crippen LogP contribution in [0.1, 0.15) is 55.5 Å². The molecule has 0 unspecified atom stereocenters. The molecule has 166 valence electrons. The van der Waals surface area contributed by atoms with Crippen LogP contribution in [0.5, 0.6) is 0 Å². The minimum atomic E-state index is -3.66. The second kappa shape index (κ2) is 9.47. The molecule has 1 aromatic rings. The molecule has 2 fully saturated rings. The highest BCUT2D eigenvalue weighted by Gasteiger charge is 2.29. The van der Waals surface area contributed by atoms with Crippen LogP contribution in [-0.4, -0.2) is 62.3 Å². The third kappa shape index (κ3) is 5.21. The largest absolute Gasteiger partial charge is 0.452 e. The zero-order valence-electron chi connectivity index (χ0n) is 18.1. The van der Waals surface area contributed by atoms with Crippen LogP contribution in [0, 0.1) is 18.8 Å². The maximum absolute atomic E-state index is 13.0. The minimum absolute atomic E-state index is 0.129. The minimum Gasteiger partial charge on any atom is -0.452 e. The Balaban J connectivity index is 1.68. The maximum atomic E-state index is 13.0. The van der Waals surface area contributed by atoms with Crippen molar-refractivity contribution < 1.29 is 22.7 Å². The van der Waals surface area contributed by atoms with Gasteiger partial charge in [0.25, 0.3) is 5.91 Å². The summed E-state index contributed by atoms with van der Waals surface area (Å²) in [6, 6.07) is 4.53. The Hall–Kier alpha value is -1.93. The number of esters is 1. The number of ether oxygens (including phenoxy) is 1. The van der Waals surface area contributed by atoms with Crippen molar-refractivity contribution in [2.24, 2.45) is 11.8 Å². The molecule has 0 N–H and O–H groups in total. The van der Waals surface area contributed by atoms with E-state index in [1.165, 1.54) is 10.4 Å². The van der Waals surface area contributed by atoms with Gasteiger partial charge in [-0.2, -0.15) is 4.31 Å². The van der Waals surface area contributed by atoms with Gasteiger partial charge in [0, 0.05) is 26.2 Å². The van der Waals surface area contributed by atoms with E-state index in [2.05, 4.69) is 13.8 Å². The van der Waals surface area contributed by atoms with Crippen molar-refractivity contribution in [2.75, 3.05) is 32.8 Å². The first-order chi connectivity index (χ1) is 14.2. The molecule has 0 saturated carbocycles. The normalized spacial score (nSPS) is 23.2. The van der Waals surface area contributed by atoms with Crippen molar-refractivity contribution in [3.63, 3.8) is 0 Å². The van der Waals surface area contributed by atoms with Crippen molar-refractivity contribution in [1.82, 2.24) is 9.21 Å². The molecule has 0 spiro atoms. The highest BCUT2D eigenvalue weighted by Crippen LogP contribution is 2.25.